The Hall–Kier alpha value is -2.47. The van der Waals surface area contributed by atoms with Gasteiger partial charge >= 0.3 is 0 Å². The highest BCUT2D eigenvalue weighted by Crippen LogP contribution is 2.30. The first-order chi connectivity index (χ1) is 10.2. The molecule has 108 valence electrons. The van der Waals surface area contributed by atoms with Crippen LogP contribution in [0.1, 0.15) is 11.5 Å². The van der Waals surface area contributed by atoms with Gasteiger partial charge in [-0.3, -0.25) is 0 Å². The van der Waals surface area contributed by atoms with Gasteiger partial charge in [0.2, 0.25) is 11.7 Å². The molecule has 0 aliphatic rings. The van der Waals surface area contributed by atoms with Gasteiger partial charge in [-0.2, -0.15) is 4.98 Å². The fourth-order valence-corrected chi connectivity index (χ4v) is 2.14. The minimum absolute atomic E-state index is 0.273. The highest BCUT2D eigenvalue weighted by Gasteiger charge is 2.16. The summed E-state index contributed by atoms with van der Waals surface area (Å²) in [5, 5.41) is 4.96. The Balaban J connectivity index is 2.14. The number of pyridine rings is 1. The van der Waals surface area contributed by atoms with Gasteiger partial charge in [0, 0.05) is 12.5 Å². The Morgan fingerprint density at radius 2 is 2.00 bits per heavy atom. The Morgan fingerprint density at radius 1 is 1.14 bits per heavy atom. The third-order valence-electron chi connectivity index (χ3n) is 3.11. The molecule has 3 aromatic rings. The molecule has 0 aliphatic heterocycles. The van der Waals surface area contributed by atoms with Crippen molar-refractivity contribution in [1.29, 1.82) is 0 Å². The molecule has 3 rings (SSSR count). The van der Waals surface area contributed by atoms with Gasteiger partial charge in [0.15, 0.2) is 0 Å². The summed E-state index contributed by atoms with van der Waals surface area (Å²) in [6.45, 7) is 2.31. The highest BCUT2D eigenvalue weighted by atomic mass is 16.5. The number of nitrogens with zero attached hydrogens (tertiary/aromatic N) is 3. The molecule has 0 bridgehead atoms. The third-order valence-corrected chi connectivity index (χ3v) is 3.11. The molecular weight excluding hydrogens is 270 g/mol. The number of aryl methyl sites for hydroxylation is 1. The van der Waals surface area contributed by atoms with Gasteiger partial charge in [0.05, 0.1) is 18.2 Å². The standard InChI is InChI=1S/C15H15N3O3/c1-9-4-5-12-10(6-9)7-11(15(16-12)20-3)14-17-13(8-19-2)21-18-14/h4-7H,8H2,1-3H3. The number of fused-ring (bicyclic) bond motifs is 1. The zero-order chi connectivity index (χ0) is 14.8. The van der Waals surface area contributed by atoms with Crippen LogP contribution in [0.3, 0.4) is 0 Å². The molecule has 0 saturated carbocycles. The quantitative estimate of drug-likeness (QED) is 0.734. The van der Waals surface area contributed by atoms with Crippen molar-refractivity contribution < 1.29 is 14.0 Å². The maximum Gasteiger partial charge on any atom is 0.252 e. The fraction of sp³-hybridized carbons (Fsp3) is 0.267. The molecular formula is C15H15N3O3. The van der Waals surface area contributed by atoms with Crippen LogP contribution < -0.4 is 4.74 Å². The number of hydrogen-bond donors (Lipinski definition) is 0. The van der Waals surface area contributed by atoms with Gasteiger partial charge in [-0.15, -0.1) is 0 Å². The van der Waals surface area contributed by atoms with Gasteiger partial charge in [-0.25, -0.2) is 4.98 Å². The lowest BCUT2D eigenvalue weighted by molar-refractivity contribution is 0.151. The zero-order valence-corrected chi connectivity index (χ0v) is 12.1. The molecule has 21 heavy (non-hydrogen) atoms. The van der Waals surface area contributed by atoms with E-state index in [9.17, 15) is 0 Å². The number of benzene rings is 1. The Morgan fingerprint density at radius 3 is 2.76 bits per heavy atom. The summed E-state index contributed by atoms with van der Waals surface area (Å²) in [5.41, 5.74) is 2.72. The number of rotatable bonds is 4. The molecule has 6 nitrogen and oxygen atoms in total. The van der Waals surface area contributed by atoms with Crippen molar-refractivity contribution in [3.8, 4) is 17.3 Å². The van der Waals surface area contributed by atoms with E-state index in [0.717, 1.165) is 16.5 Å². The van der Waals surface area contributed by atoms with Gasteiger partial charge in [-0.1, -0.05) is 16.8 Å². The average Bonchev–Trinajstić information content (AvgIpc) is 2.94. The highest BCUT2D eigenvalue weighted by molar-refractivity contribution is 5.85. The molecule has 0 saturated heterocycles. The predicted molar refractivity (Wildman–Crippen MR) is 77.0 cm³/mol. The van der Waals surface area contributed by atoms with Crippen LogP contribution in [-0.2, 0) is 11.3 Å². The minimum Gasteiger partial charge on any atom is -0.480 e. The number of methoxy groups -OCH3 is 2. The van der Waals surface area contributed by atoms with Crippen LogP contribution in [0.4, 0.5) is 0 Å². The smallest absolute Gasteiger partial charge is 0.252 e. The van der Waals surface area contributed by atoms with Crippen molar-refractivity contribution >= 4 is 10.9 Å². The normalized spacial score (nSPS) is 11.0. The van der Waals surface area contributed by atoms with E-state index in [2.05, 4.69) is 21.2 Å². The van der Waals surface area contributed by atoms with Crippen LogP contribution in [0, 0.1) is 6.92 Å². The minimum atomic E-state index is 0.273. The van der Waals surface area contributed by atoms with Crippen LogP contribution in [0.25, 0.3) is 22.3 Å². The van der Waals surface area contributed by atoms with Crippen LogP contribution in [0.15, 0.2) is 28.8 Å². The number of ether oxygens (including phenoxy) is 2. The molecule has 1 aromatic carbocycles. The molecule has 2 heterocycles. The van der Waals surface area contributed by atoms with E-state index >= 15 is 0 Å². The van der Waals surface area contributed by atoms with Gasteiger partial charge in [-0.05, 0) is 25.1 Å². The Labute approximate surface area is 121 Å². The SMILES string of the molecule is COCc1nc(-c2cc3cc(C)ccc3nc2OC)no1. The van der Waals surface area contributed by atoms with Crippen molar-refractivity contribution in [2.75, 3.05) is 14.2 Å². The molecule has 2 aromatic heterocycles. The average molecular weight is 285 g/mol. The van der Waals surface area contributed by atoms with Crippen LogP contribution >= 0.6 is 0 Å². The summed E-state index contributed by atoms with van der Waals surface area (Å²) in [6, 6.07) is 7.99. The summed E-state index contributed by atoms with van der Waals surface area (Å²) in [6.07, 6.45) is 0. The van der Waals surface area contributed by atoms with E-state index in [1.807, 2.05) is 25.1 Å². The second-order valence-corrected chi connectivity index (χ2v) is 4.69. The van der Waals surface area contributed by atoms with E-state index in [-0.39, 0.29) is 6.61 Å². The van der Waals surface area contributed by atoms with Crippen molar-refractivity contribution in [2.45, 2.75) is 13.5 Å². The maximum absolute atomic E-state index is 5.34. The first-order valence-corrected chi connectivity index (χ1v) is 6.48. The van der Waals surface area contributed by atoms with E-state index in [0.29, 0.717) is 23.2 Å². The van der Waals surface area contributed by atoms with Crippen molar-refractivity contribution in [3.63, 3.8) is 0 Å². The van der Waals surface area contributed by atoms with Crippen LogP contribution in [0.5, 0.6) is 5.88 Å². The van der Waals surface area contributed by atoms with Crippen molar-refractivity contribution in [2.24, 2.45) is 0 Å². The molecule has 0 unspecified atom stereocenters. The first-order valence-electron chi connectivity index (χ1n) is 6.48. The molecule has 0 N–H and O–H groups in total. The zero-order valence-electron chi connectivity index (χ0n) is 12.1. The molecule has 6 heteroatoms. The lowest BCUT2D eigenvalue weighted by Crippen LogP contribution is -1.94. The maximum atomic E-state index is 5.34. The van der Waals surface area contributed by atoms with E-state index < -0.39 is 0 Å². The molecule has 0 fully saturated rings. The molecule has 0 amide bonds. The monoisotopic (exact) mass is 285 g/mol. The van der Waals surface area contributed by atoms with Gasteiger partial charge in [0.25, 0.3) is 5.89 Å². The summed E-state index contributed by atoms with van der Waals surface area (Å²) in [7, 11) is 3.15. The predicted octanol–water partition coefficient (Wildman–Crippen LogP) is 2.75. The van der Waals surface area contributed by atoms with E-state index in [1.165, 1.54) is 0 Å². The van der Waals surface area contributed by atoms with E-state index in [1.54, 1.807) is 14.2 Å². The second kappa shape index (κ2) is 5.49. The molecule has 0 spiro atoms. The topological polar surface area (TPSA) is 70.3 Å². The fourth-order valence-electron chi connectivity index (χ4n) is 2.14. The lowest BCUT2D eigenvalue weighted by Gasteiger charge is -2.07. The summed E-state index contributed by atoms with van der Waals surface area (Å²) >= 11 is 0. The first kappa shape index (κ1) is 13.5. The van der Waals surface area contributed by atoms with Crippen molar-refractivity contribution in [3.05, 3.63) is 35.7 Å². The number of hydrogen-bond acceptors (Lipinski definition) is 6. The summed E-state index contributed by atoms with van der Waals surface area (Å²) in [4.78, 5) is 8.78. The largest absolute Gasteiger partial charge is 0.480 e. The van der Waals surface area contributed by atoms with Crippen LogP contribution in [0.2, 0.25) is 0 Å². The summed E-state index contributed by atoms with van der Waals surface area (Å²) in [5.74, 6) is 1.32. The van der Waals surface area contributed by atoms with E-state index in [4.69, 9.17) is 14.0 Å². The molecule has 0 radical (unpaired) electrons. The molecule has 0 atom stereocenters. The number of aromatic nitrogens is 3. The lowest BCUT2D eigenvalue weighted by atomic mass is 10.1. The molecule has 0 aliphatic carbocycles. The Bertz CT molecular complexity index is 783. The van der Waals surface area contributed by atoms with Gasteiger partial charge in [0.1, 0.15) is 6.61 Å². The summed E-state index contributed by atoms with van der Waals surface area (Å²) < 4.78 is 15.4. The van der Waals surface area contributed by atoms with Crippen molar-refractivity contribution in [1.82, 2.24) is 15.1 Å². The third kappa shape index (κ3) is 2.57. The van der Waals surface area contributed by atoms with Gasteiger partial charge < -0.3 is 14.0 Å². The second-order valence-electron chi connectivity index (χ2n) is 4.69. The van der Waals surface area contributed by atoms with Crippen LogP contribution in [-0.4, -0.2) is 29.3 Å². The Kier molecular flexibility index (Phi) is 3.53.